The van der Waals surface area contributed by atoms with E-state index in [1.54, 1.807) is 6.26 Å². The van der Waals surface area contributed by atoms with Crippen LogP contribution in [0.4, 0.5) is 0 Å². The highest BCUT2D eigenvalue weighted by Crippen LogP contribution is 2.21. The predicted octanol–water partition coefficient (Wildman–Crippen LogP) is 2.89. The third-order valence-corrected chi connectivity index (χ3v) is 3.78. The minimum Gasteiger partial charge on any atom is -0.461 e. The van der Waals surface area contributed by atoms with Gasteiger partial charge in [-0.2, -0.15) is 4.98 Å². The van der Waals surface area contributed by atoms with E-state index in [2.05, 4.69) is 39.3 Å². The van der Waals surface area contributed by atoms with Gasteiger partial charge in [-0.25, -0.2) is 0 Å². The van der Waals surface area contributed by atoms with E-state index in [0.717, 1.165) is 19.5 Å². The van der Waals surface area contributed by atoms with E-state index in [4.69, 9.17) is 8.94 Å². The second kappa shape index (κ2) is 5.18. The zero-order valence-corrected chi connectivity index (χ0v) is 11.5. The monoisotopic (exact) mass is 281 g/mol. The Kier molecular flexibility index (Phi) is 3.05. The molecule has 3 heterocycles. The van der Waals surface area contributed by atoms with Crippen LogP contribution < -0.4 is 0 Å². The Morgan fingerprint density at radius 3 is 2.86 bits per heavy atom. The highest BCUT2D eigenvalue weighted by atomic mass is 16.5. The van der Waals surface area contributed by atoms with Gasteiger partial charge in [0.1, 0.15) is 0 Å². The minimum atomic E-state index is 0.507. The maximum Gasteiger partial charge on any atom is 0.241 e. The number of hydrogen-bond acceptors (Lipinski definition) is 5. The van der Waals surface area contributed by atoms with Gasteiger partial charge in [0.25, 0.3) is 0 Å². The molecule has 5 nitrogen and oxygen atoms in total. The number of benzene rings is 1. The average molecular weight is 281 g/mol. The summed E-state index contributed by atoms with van der Waals surface area (Å²) >= 11 is 0. The minimum absolute atomic E-state index is 0.507. The van der Waals surface area contributed by atoms with Crippen molar-refractivity contribution in [3.8, 4) is 11.6 Å². The molecule has 0 radical (unpaired) electrons. The lowest BCUT2D eigenvalue weighted by Crippen LogP contribution is -2.30. The first kappa shape index (κ1) is 12.3. The second-order valence-corrected chi connectivity index (χ2v) is 5.22. The van der Waals surface area contributed by atoms with Crippen LogP contribution in [0.5, 0.6) is 0 Å². The lowest BCUT2D eigenvalue weighted by Gasteiger charge is -2.27. The average Bonchev–Trinajstić information content (AvgIpc) is 3.18. The largest absolute Gasteiger partial charge is 0.461 e. The van der Waals surface area contributed by atoms with Crippen molar-refractivity contribution in [2.24, 2.45) is 0 Å². The van der Waals surface area contributed by atoms with E-state index in [1.165, 1.54) is 11.1 Å². The first-order valence-corrected chi connectivity index (χ1v) is 7.04. The number of fused-ring (bicyclic) bond motifs is 1. The molecular weight excluding hydrogens is 266 g/mol. The molecule has 0 unspecified atom stereocenters. The Bertz CT molecular complexity index is 734. The zero-order chi connectivity index (χ0) is 14.1. The molecule has 0 amide bonds. The lowest BCUT2D eigenvalue weighted by molar-refractivity contribution is 0.210. The molecular formula is C16H15N3O2. The molecule has 1 aromatic carbocycles. The van der Waals surface area contributed by atoms with Crippen LogP contribution in [0.2, 0.25) is 0 Å². The van der Waals surface area contributed by atoms with E-state index >= 15 is 0 Å². The van der Waals surface area contributed by atoms with Gasteiger partial charge in [-0.15, -0.1) is 0 Å². The van der Waals surface area contributed by atoms with Crippen molar-refractivity contribution in [3.63, 3.8) is 0 Å². The van der Waals surface area contributed by atoms with Gasteiger partial charge in [0.05, 0.1) is 12.8 Å². The Morgan fingerprint density at radius 1 is 1.10 bits per heavy atom. The predicted molar refractivity (Wildman–Crippen MR) is 76.3 cm³/mol. The van der Waals surface area contributed by atoms with Crippen molar-refractivity contribution >= 4 is 0 Å². The molecule has 3 aromatic rings. The number of rotatable bonds is 3. The molecule has 0 atom stereocenters. The number of hydrogen-bond donors (Lipinski definition) is 0. The third-order valence-electron chi connectivity index (χ3n) is 3.78. The number of aromatic nitrogens is 2. The van der Waals surface area contributed by atoms with E-state index in [-0.39, 0.29) is 0 Å². The van der Waals surface area contributed by atoms with Crippen molar-refractivity contribution in [2.75, 3.05) is 6.54 Å². The Labute approximate surface area is 122 Å². The summed E-state index contributed by atoms with van der Waals surface area (Å²) in [4.78, 5) is 6.71. The fraction of sp³-hybridized carbons (Fsp3) is 0.250. The van der Waals surface area contributed by atoms with Crippen LogP contribution in [-0.4, -0.2) is 21.6 Å². The fourth-order valence-corrected chi connectivity index (χ4v) is 2.71. The summed E-state index contributed by atoms with van der Waals surface area (Å²) in [6.45, 7) is 2.60. The molecule has 0 fully saturated rings. The normalized spacial score (nSPS) is 15.0. The molecule has 0 saturated carbocycles. The van der Waals surface area contributed by atoms with Crippen LogP contribution in [0.3, 0.4) is 0 Å². The van der Waals surface area contributed by atoms with Gasteiger partial charge in [-0.1, -0.05) is 29.4 Å². The summed E-state index contributed by atoms with van der Waals surface area (Å²) in [7, 11) is 0. The first-order valence-electron chi connectivity index (χ1n) is 7.04. The molecule has 4 rings (SSSR count). The van der Waals surface area contributed by atoms with Crippen LogP contribution in [0.25, 0.3) is 11.6 Å². The molecule has 1 aliphatic rings. The van der Waals surface area contributed by atoms with Gasteiger partial charge in [-0.3, -0.25) is 4.90 Å². The molecule has 0 N–H and O–H groups in total. The number of nitrogens with zero attached hydrogens (tertiary/aromatic N) is 3. The van der Waals surface area contributed by atoms with Crippen molar-refractivity contribution in [3.05, 3.63) is 59.7 Å². The SMILES string of the molecule is c1coc(-c2noc(CN3CCc4ccccc4C3)n2)c1. The van der Waals surface area contributed by atoms with Gasteiger partial charge in [0.15, 0.2) is 5.76 Å². The zero-order valence-electron chi connectivity index (χ0n) is 11.5. The molecule has 2 aromatic heterocycles. The fourth-order valence-electron chi connectivity index (χ4n) is 2.71. The Hall–Kier alpha value is -2.40. The van der Waals surface area contributed by atoms with Crippen LogP contribution in [0, 0.1) is 0 Å². The summed E-state index contributed by atoms with van der Waals surface area (Å²) in [5.74, 6) is 1.77. The maximum atomic E-state index is 5.32. The van der Waals surface area contributed by atoms with Gasteiger partial charge in [-0.05, 0) is 29.7 Å². The summed E-state index contributed by atoms with van der Waals surface area (Å²) in [5, 5.41) is 3.96. The highest BCUT2D eigenvalue weighted by Gasteiger charge is 2.19. The quantitative estimate of drug-likeness (QED) is 0.739. The summed E-state index contributed by atoms with van der Waals surface area (Å²) in [6, 6.07) is 12.2. The van der Waals surface area contributed by atoms with Gasteiger partial charge in [0, 0.05) is 13.1 Å². The highest BCUT2D eigenvalue weighted by molar-refractivity contribution is 5.44. The molecule has 1 aliphatic heterocycles. The summed E-state index contributed by atoms with van der Waals surface area (Å²) in [5.41, 5.74) is 2.82. The first-order chi connectivity index (χ1) is 10.4. The number of furan rings is 1. The maximum absolute atomic E-state index is 5.32. The summed E-state index contributed by atoms with van der Waals surface area (Å²) < 4.78 is 10.6. The lowest BCUT2D eigenvalue weighted by atomic mass is 10.00. The van der Waals surface area contributed by atoms with Crippen LogP contribution in [0.15, 0.2) is 51.6 Å². The molecule has 0 saturated heterocycles. The van der Waals surface area contributed by atoms with E-state index < -0.39 is 0 Å². The van der Waals surface area contributed by atoms with Gasteiger partial charge in [0.2, 0.25) is 11.7 Å². The van der Waals surface area contributed by atoms with E-state index in [1.807, 2.05) is 12.1 Å². The third kappa shape index (κ3) is 2.48. The topological polar surface area (TPSA) is 55.3 Å². The van der Waals surface area contributed by atoms with Crippen molar-refractivity contribution < 1.29 is 8.94 Å². The molecule has 106 valence electrons. The molecule has 21 heavy (non-hydrogen) atoms. The molecule has 0 bridgehead atoms. The van der Waals surface area contributed by atoms with Gasteiger partial charge < -0.3 is 8.94 Å². The smallest absolute Gasteiger partial charge is 0.241 e. The molecule has 0 spiro atoms. The standard InChI is InChI=1S/C16H15N3O2/c1-2-5-13-10-19(8-7-12(13)4-1)11-15-17-16(18-21-15)14-6-3-9-20-14/h1-6,9H,7-8,10-11H2. The Morgan fingerprint density at radius 2 is 2.00 bits per heavy atom. The van der Waals surface area contributed by atoms with Crippen LogP contribution in [0.1, 0.15) is 17.0 Å². The second-order valence-electron chi connectivity index (χ2n) is 5.22. The van der Waals surface area contributed by atoms with E-state index in [0.29, 0.717) is 24.0 Å². The van der Waals surface area contributed by atoms with Crippen molar-refractivity contribution in [2.45, 2.75) is 19.5 Å². The summed E-state index contributed by atoms with van der Waals surface area (Å²) in [6.07, 6.45) is 2.67. The molecule has 5 heteroatoms. The van der Waals surface area contributed by atoms with E-state index in [9.17, 15) is 0 Å². The van der Waals surface area contributed by atoms with Crippen LogP contribution >= 0.6 is 0 Å². The van der Waals surface area contributed by atoms with Crippen molar-refractivity contribution in [1.29, 1.82) is 0 Å². The van der Waals surface area contributed by atoms with Crippen molar-refractivity contribution in [1.82, 2.24) is 15.0 Å². The Balaban J connectivity index is 1.48. The molecule has 0 aliphatic carbocycles. The van der Waals surface area contributed by atoms with Crippen LogP contribution in [-0.2, 0) is 19.5 Å². The van der Waals surface area contributed by atoms with Gasteiger partial charge >= 0.3 is 0 Å².